The summed E-state index contributed by atoms with van der Waals surface area (Å²) in [7, 11) is 0. The fourth-order valence-electron chi connectivity index (χ4n) is 2.74. The number of hydrogen-bond donors (Lipinski definition) is 3. The number of aliphatic hydroxyl groups excluding tert-OH is 3. The summed E-state index contributed by atoms with van der Waals surface area (Å²) in [4.78, 5) is 2.22. The first kappa shape index (κ1) is 36.5. The van der Waals surface area contributed by atoms with Gasteiger partial charge in [0.25, 0.3) is 0 Å². The highest BCUT2D eigenvalue weighted by Gasteiger charge is 2.06. The molecule has 0 fully saturated rings. The molecule has 0 saturated carbocycles. The summed E-state index contributed by atoms with van der Waals surface area (Å²) >= 11 is 0. The average molecular weight is 546 g/mol. The van der Waals surface area contributed by atoms with E-state index in [-0.39, 0.29) is 19.8 Å². The van der Waals surface area contributed by atoms with Crippen LogP contribution in [0, 0.1) is 0 Å². The molecule has 224 valence electrons. The zero-order chi connectivity index (χ0) is 26.9. The van der Waals surface area contributed by atoms with Gasteiger partial charge in [0.2, 0.25) is 0 Å². The van der Waals surface area contributed by atoms with E-state index in [1.165, 1.54) is 0 Å². The van der Waals surface area contributed by atoms with Crippen molar-refractivity contribution >= 4 is 0 Å². The lowest BCUT2D eigenvalue weighted by Gasteiger charge is -2.22. The summed E-state index contributed by atoms with van der Waals surface area (Å²) in [5.41, 5.74) is 0. The SMILES string of the molecule is OCCOCCOCCOCCN(CCOCCOCCOCCO)CCOCCOCCOCCO. The fraction of sp³-hybridized carbons (Fsp3) is 1.00. The van der Waals surface area contributed by atoms with Crippen LogP contribution in [-0.4, -0.2) is 179 Å². The first-order valence-electron chi connectivity index (χ1n) is 13.1. The second-order valence-corrected chi connectivity index (χ2v) is 7.52. The highest BCUT2D eigenvalue weighted by atomic mass is 16.6. The van der Waals surface area contributed by atoms with E-state index >= 15 is 0 Å². The lowest BCUT2D eigenvalue weighted by molar-refractivity contribution is -0.00934. The molecule has 0 aliphatic carbocycles. The van der Waals surface area contributed by atoms with Crippen LogP contribution in [0.15, 0.2) is 0 Å². The molecule has 0 aliphatic rings. The van der Waals surface area contributed by atoms with Gasteiger partial charge in [0.1, 0.15) is 0 Å². The standard InChI is InChI=1S/C24H51NO12/c26-4-10-32-16-22-35-19-13-29-7-1-25(2-8-30-14-20-36-23-17-33-11-5-27)3-9-31-15-21-37-24-18-34-12-6-28/h26-28H,1-24H2. The maximum absolute atomic E-state index is 8.64. The molecule has 37 heavy (non-hydrogen) atoms. The predicted molar refractivity (Wildman–Crippen MR) is 135 cm³/mol. The van der Waals surface area contributed by atoms with E-state index in [4.69, 9.17) is 58.0 Å². The van der Waals surface area contributed by atoms with Crippen molar-refractivity contribution in [2.24, 2.45) is 0 Å². The fourth-order valence-corrected chi connectivity index (χ4v) is 2.74. The molecule has 3 N–H and O–H groups in total. The van der Waals surface area contributed by atoms with Gasteiger partial charge in [0.15, 0.2) is 0 Å². The van der Waals surface area contributed by atoms with E-state index < -0.39 is 0 Å². The zero-order valence-electron chi connectivity index (χ0n) is 22.4. The molecule has 0 spiro atoms. The summed E-state index contributed by atoms with van der Waals surface area (Å²) < 4.78 is 48.6. The first-order chi connectivity index (χ1) is 18.3. The average Bonchev–Trinajstić information content (AvgIpc) is 2.91. The second kappa shape index (κ2) is 33.5. The topological polar surface area (TPSA) is 147 Å². The van der Waals surface area contributed by atoms with E-state index in [0.717, 1.165) is 19.6 Å². The molecule has 0 aromatic carbocycles. The molecule has 0 heterocycles. The third kappa shape index (κ3) is 31.6. The number of hydrogen-bond acceptors (Lipinski definition) is 13. The van der Waals surface area contributed by atoms with Crippen LogP contribution < -0.4 is 0 Å². The van der Waals surface area contributed by atoms with Crippen molar-refractivity contribution in [2.75, 3.05) is 158 Å². The van der Waals surface area contributed by atoms with E-state index in [1.807, 2.05) is 0 Å². The van der Waals surface area contributed by atoms with Crippen LogP contribution in [-0.2, 0) is 42.6 Å². The lowest BCUT2D eigenvalue weighted by atomic mass is 10.4. The van der Waals surface area contributed by atoms with Gasteiger partial charge in [-0.3, -0.25) is 4.90 Å². The Hall–Kier alpha value is -0.520. The molecule has 13 nitrogen and oxygen atoms in total. The normalized spacial score (nSPS) is 11.7. The number of rotatable bonds is 33. The maximum atomic E-state index is 8.64. The molecule has 0 aromatic heterocycles. The molecule has 0 rings (SSSR count). The van der Waals surface area contributed by atoms with Gasteiger partial charge in [0, 0.05) is 19.6 Å². The first-order valence-corrected chi connectivity index (χ1v) is 13.1. The van der Waals surface area contributed by atoms with Gasteiger partial charge in [-0.05, 0) is 0 Å². The molecule has 0 unspecified atom stereocenters. The van der Waals surface area contributed by atoms with E-state index in [1.54, 1.807) is 0 Å². The maximum Gasteiger partial charge on any atom is 0.0701 e. The monoisotopic (exact) mass is 545 g/mol. The Morgan fingerprint density at radius 3 is 0.676 bits per heavy atom. The van der Waals surface area contributed by atoms with Gasteiger partial charge < -0.3 is 58.0 Å². The number of ether oxygens (including phenoxy) is 9. The summed E-state index contributed by atoms with van der Waals surface area (Å²) in [6.45, 7) is 10.7. The van der Waals surface area contributed by atoms with Crippen LogP contribution in [0.3, 0.4) is 0 Å². The van der Waals surface area contributed by atoms with Crippen LogP contribution in [0.2, 0.25) is 0 Å². The minimum Gasteiger partial charge on any atom is -0.394 e. The van der Waals surface area contributed by atoms with E-state index in [0.29, 0.717) is 119 Å². The molecule has 0 aromatic rings. The largest absolute Gasteiger partial charge is 0.394 e. The van der Waals surface area contributed by atoms with Crippen LogP contribution in [0.1, 0.15) is 0 Å². The third-order valence-electron chi connectivity index (χ3n) is 4.59. The molecule has 0 aliphatic heterocycles. The van der Waals surface area contributed by atoms with Crippen LogP contribution >= 0.6 is 0 Å². The highest BCUT2D eigenvalue weighted by Crippen LogP contribution is 1.93. The van der Waals surface area contributed by atoms with Crippen LogP contribution in [0.5, 0.6) is 0 Å². The highest BCUT2D eigenvalue weighted by molar-refractivity contribution is 4.57. The van der Waals surface area contributed by atoms with Crippen LogP contribution in [0.4, 0.5) is 0 Å². The second-order valence-electron chi connectivity index (χ2n) is 7.52. The Balaban J connectivity index is 3.87. The molecular formula is C24H51NO12. The van der Waals surface area contributed by atoms with Gasteiger partial charge in [-0.1, -0.05) is 0 Å². The van der Waals surface area contributed by atoms with Crippen molar-refractivity contribution in [1.29, 1.82) is 0 Å². The molecule has 0 amide bonds. The molecule has 0 saturated heterocycles. The van der Waals surface area contributed by atoms with Gasteiger partial charge in [-0.15, -0.1) is 0 Å². The van der Waals surface area contributed by atoms with Gasteiger partial charge in [-0.25, -0.2) is 0 Å². The quantitative estimate of drug-likeness (QED) is 0.0816. The Labute approximate surface area is 221 Å². The lowest BCUT2D eigenvalue weighted by Crippen LogP contribution is -2.34. The minimum absolute atomic E-state index is 0.0142. The van der Waals surface area contributed by atoms with Gasteiger partial charge >= 0.3 is 0 Å². The Kier molecular flexibility index (Phi) is 33.0. The van der Waals surface area contributed by atoms with Crippen molar-refractivity contribution in [3.05, 3.63) is 0 Å². The Bertz CT molecular complexity index is 355. The minimum atomic E-state index is 0.0142. The van der Waals surface area contributed by atoms with Crippen molar-refractivity contribution in [3.8, 4) is 0 Å². The zero-order valence-corrected chi connectivity index (χ0v) is 22.4. The predicted octanol–water partition coefficient (Wildman–Crippen LogP) is -1.59. The molecule has 0 bridgehead atoms. The van der Waals surface area contributed by atoms with Gasteiger partial charge in [-0.2, -0.15) is 0 Å². The van der Waals surface area contributed by atoms with Crippen molar-refractivity contribution in [1.82, 2.24) is 4.90 Å². The van der Waals surface area contributed by atoms with E-state index in [9.17, 15) is 0 Å². The molecule has 13 heteroatoms. The third-order valence-corrected chi connectivity index (χ3v) is 4.59. The van der Waals surface area contributed by atoms with E-state index in [2.05, 4.69) is 4.90 Å². The summed E-state index contributed by atoms with van der Waals surface area (Å²) in [6.07, 6.45) is 0. The molecular weight excluding hydrogens is 494 g/mol. The smallest absolute Gasteiger partial charge is 0.0701 e. The summed E-state index contributed by atoms with van der Waals surface area (Å²) in [6, 6.07) is 0. The Morgan fingerprint density at radius 2 is 0.459 bits per heavy atom. The van der Waals surface area contributed by atoms with Crippen molar-refractivity contribution < 1.29 is 58.0 Å². The number of nitrogens with zero attached hydrogens (tertiary/aromatic N) is 1. The van der Waals surface area contributed by atoms with Crippen LogP contribution in [0.25, 0.3) is 0 Å². The number of aliphatic hydroxyl groups is 3. The summed E-state index contributed by atoms with van der Waals surface area (Å²) in [5.74, 6) is 0. The van der Waals surface area contributed by atoms with Gasteiger partial charge in [0.05, 0.1) is 139 Å². The Morgan fingerprint density at radius 1 is 0.270 bits per heavy atom. The summed E-state index contributed by atoms with van der Waals surface area (Å²) in [5, 5.41) is 25.9. The molecule has 0 atom stereocenters. The van der Waals surface area contributed by atoms with Crippen molar-refractivity contribution in [2.45, 2.75) is 0 Å². The molecule has 0 radical (unpaired) electrons. The van der Waals surface area contributed by atoms with Crippen molar-refractivity contribution in [3.63, 3.8) is 0 Å².